The van der Waals surface area contributed by atoms with Crippen LogP contribution in [-0.2, 0) is 4.79 Å². The zero-order chi connectivity index (χ0) is 15.7. The topological polar surface area (TPSA) is 106 Å². The average Bonchev–Trinajstić information content (AvgIpc) is 2.95. The largest absolute Gasteiger partial charge is 0.338 e. The predicted octanol–water partition coefficient (Wildman–Crippen LogP) is -0.210. The molecule has 8 heteroatoms. The molecule has 3 rings (SSSR count). The fourth-order valence-corrected chi connectivity index (χ4v) is 3.54. The monoisotopic (exact) mass is 307 g/mol. The second-order valence-corrected chi connectivity index (χ2v) is 5.98. The van der Waals surface area contributed by atoms with E-state index >= 15 is 0 Å². The maximum atomic E-state index is 12.5. The fourth-order valence-electron chi connectivity index (χ4n) is 3.54. The van der Waals surface area contributed by atoms with Gasteiger partial charge in [-0.05, 0) is 30.8 Å². The quantitative estimate of drug-likeness (QED) is 0.828. The van der Waals surface area contributed by atoms with E-state index < -0.39 is 0 Å². The van der Waals surface area contributed by atoms with Crippen LogP contribution in [0.5, 0.6) is 0 Å². The second-order valence-electron chi connectivity index (χ2n) is 5.98. The number of amides is 2. The van der Waals surface area contributed by atoms with Crippen LogP contribution >= 0.6 is 0 Å². The molecule has 0 radical (unpaired) electrons. The Morgan fingerprint density at radius 1 is 1.41 bits per heavy atom. The van der Waals surface area contributed by atoms with Crippen molar-refractivity contribution in [3.8, 4) is 0 Å². The van der Waals surface area contributed by atoms with Gasteiger partial charge >= 0.3 is 0 Å². The standard InChI is InChI=1S/C14H21N5O3/c1-9-13(17-22-16-9)14(21)18-6-4-11-10(8-18)2-3-12(20)19(11)7-5-15/h10-11H,2-8,15H2,1H3/t10-,11+/m0/s1. The summed E-state index contributed by atoms with van der Waals surface area (Å²) in [5, 5.41) is 7.35. The van der Waals surface area contributed by atoms with Crippen LogP contribution in [0.3, 0.4) is 0 Å². The van der Waals surface area contributed by atoms with Crippen molar-refractivity contribution >= 4 is 11.8 Å². The minimum Gasteiger partial charge on any atom is -0.338 e. The van der Waals surface area contributed by atoms with E-state index in [0.717, 1.165) is 12.8 Å². The highest BCUT2D eigenvalue weighted by Gasteiger charge is 2.40. The molecular formula is C14H21N5O3. The number of fused-ring (bicyclic) bond motifs is 1. The van der Waals surface area contributed by atoms with Gasteiger partial charge in [0.05, 0.1) is 0 Å². The van der Waals surface area contributed by atoms with E-state index in [4.69, 9.17) is 5.73 Å². The Kier molecular flexibility index (Phi) is 4.10. The first-order valence-electron chi connectivity index (χ1n) is 7.69. The summed E-state index contributed by atoms with van der Waals surface area (Å²) in [7, 11) is 0. The van der Waals surface area contributed by atoms with Crippen LogP contribution in [-0.4, -0.2) is 64.1 Å². The molecule has 22 heavy (non-hydrogen) atoms. The molecule has 2 N–H and O–H groups in total. The van der Waals surface area contributed by atoms with Gasteiger partial charge in [0.25, 0.3) is 5.91 Å². The average molecular weight is 307 g/mol. The molecule has 2 atom stereocenters. The van der Waals surface area contributed by atoms with E-state index in [9.17, 15) is 9.59 Å². The third kappa shape index (κ3) is 2.58. The van der Waals surface area contributed by atoms with E-state index in [1.807, 2.05) is 4.90 Å². The van der Waals surface area contributed by atoms with Crippen molar-refractivity contribution in [1.29, 1.82) is 0 Å². The van der Waals surface area contributed by atoms with Crippen molar-refractivity contribution in [3.05, 3.63) is 11.4 Å². The molecule has 120 valence electrons. The number of hydrogen-bond acceptors (Lipinski definition) is 6. The van der Waals surface area contributed by atoms with E-state index in [0.29, 0.717) is 44.2 Å². The van der Waals surface area contributed by atoms with Gasteiger partial charge in [0, 0.05) is 38.6 Å². The maximum Gasteiger partial charge on any atom is 0.278 e. The predicted molar refractivity (Wildman–Crippen MR) is 76.8 cm³/mol. The molecule has 0 unspecified atom stereocenters. The molecule has 1 aromatic heterocycles. The lowest BCUT2D eigenvalue weighted by Crippen LogP contribution is -2.57. The molecule has 8 nitrogen and oxygen atoms in total. The molecule has 3 heterocycles. The minimum atomic E-state index is -0.139. The smallest absolute Gasteiger partial charge is 0.278 e. The number of carbonyl (C=O) groups is 2. The Morgan fingerprint density at radius 2 is 2.23 bits per heavy atom. The number of piperidine rings is 2. The fraction of sp³-hybridized carbons (Fsp3) is 0.714. The van der Waals surface area contributed by atoms with Gasteiger partial charge < -0.3 is 15.5 Å². The lowest BCUT2D eigenvalue weighted by Gasteiger charge is -2.46. The van der Waals surface area contributed by atoms with Crippen molar-refractivity contribution in [1.82, 2.24) is 20.1 Å². The summed E-state index contributed by atoms with van der Waals surface area (Å²) >= 11 is 0. The van der Waals surface area contributed by atoms with E-state index in [1.54, 1.807) is 11.8 Å². The molecule has 0 saturated carbocycles. The van der Waals surface area contributed by atoms with Gasteiger partial charge in [-0.2, -0.15) is 0 Å². The SMILES string of the molecule is Cc1nonc1C(=O)N1CC[C@@H]2[C@@H](CCC(=O)N2CCN)C1. The first-order chi connectivity index (χ1) is 10.6. The van der Waals surface area contributed by atoms with Crippen molar-refractivity contribution in [2.75, 3.05) is 26.2 Å². The highest BCUT2D eigenvalue weighted by atomic mass is 16.6. The summed E-state index contributed by atoms with van der Waals surface area (Å²) in [6.45, 7) is 4.03. The summed E-state index contributed by atoms with van der Waals surface area (Å²) in [6, 6.07) is 0.199. The number of aromatic nitrogens is 2. The number of hydrogen-bond donors (Lipinski definition) is 1. The number of nitrogens with two attached hydrogens (primary N) is 1. The summed E-state index contributed by atoms with van der Waals surface area (Å²) in [4.78, 5) is 28.2. The molecular weight excluding hydrogens is 286 g/mol. The highest BCUT2D eigenvalue weighted by molar-refractivity contribution is 5.93. The van der Waals surface area contributed by atoms with Crippen LogP contribution in [0, 0.1) is 12.8 Å². The minimum absolute atomic E-state index is 0.139. The van der Waals surface area contributed by atoms with Crippen molar-refractivity contribution in [3.63, 3.8) is 0 Å². The summed E-state index contributed by atoms with van der Waals surface area (Å²) in [5.41, 5.74) is 6.41. The third-order valence-corrected chi connectivity index (χ3v) is 4.66. The van der Waals surface area contributed by atoms with E-state index in [1.165, 1.54) is 0 Å². The van der Waals surface area contributed by atoms with Crippen molar-refractivity contribution < 1.29 is 14.2 Å². The summed E-state index contributed by atoms with van der Waals surface area (Å²) in [5.74, 6) is 0.351. The van der Waals surface area contributed by atoms with E-state index in [-0.39, 0.29) is 23.6 Å². The number of carbonyl (C=O) groups excluding carboxylic acids is 2. The molecule has 2 fully saturated rings. The highest BCUT2D eigenvalue weighted by Crippen LogP contribution is 2.31. The van der Waals surface area contributed by atoms with Crippen LogP contribution in [0.4, 0.5) is 0 Å². The maximum absolute atomic E-state index is 12.5. The molecule has 2 saturated heterocycles. The van der Waals surface area contributed by atoms with Gasteiger partial charge in [-0.1, -0.05) is 5.16 Å². The Balaban J connectivity index is 1.71. The molecule has 2 aliphatic rings. The van der Waals surface area contributed by atoms with E-state index in [2.05, 4.69) is 14.9 Å². The summed E-state index contributed by atoms with van der Waals surface area (Å²) in [6.07, 6.45) is 2.14. The number of rotatable bonds is 3. The van der Waals surface area contributed by atoms with Gasteiger partial charge in [-0.3, -0.25) is 9.59 Å². The molecule has 2 aliphatic heterocycles. The Morgan fingerprint density at radius 3 is 2.91 bits per heavy atom. The molecule has 0 aromatic carbocycles. The molecule has 0 spiro atoms. The van der Waals surface area contributed by atoms with Crippen molar-refractivity contribution in [2.24, 2.45) is 11.7 Å². The zero-order valence-corrected chi connectivity index (χ0v) is 12.7. The van der Waals surface area contributed by atoms with Gasteiger partial charge in [-0.15, -0.1) is 0 Å². The van der Waals surface area contributed by atoms with Crippen LogP contribution < -0.4 is 5.73 Å². The first kappa shape index (κ1) is 15.0. The van der Waals surface area contributed by atoms with Gasteiger partial charge in [0.15, 0.2) is 5.69 Å². The van der Waals surface area contributed by atoms with Crippen LogP contribution in [0.1, 0.15) is 35.4 Å². The third-order valence-electron chi connectivity index (χ3n) is 4.66. The number of nitrogens with zero attached hydrogens (tertiary/aromatic N) is 4. The summed E-state index contributed by atoms with van der Waals surface area (Å²) < 4.78 is 4.61. The molecule has 1 aromatic rings. The zero-order valence-electron chi connectivity index (χ0n) is 12.7. The van der Waals surface area contributed by atoms with Gasteiger partial charge in [-0.25, -0.2) is 4.63 Å². The van der Waals surface area contributed by atoms with Crippen LogP contribution in [0.2, 0.25) is 0 Å². The lowest BCUT2D eigenvalue weighted by atomic mass is 9.83. The Labute approximate surface area is 128 Å². The van der Waals surface area contributed by atoms with Gasteiger partial charge in [0.1, 0.15) is 5.69 Å². The Bertz CT molecular complexity index is 573. The van der Waals surface area contributed by atoms with Crippen molar-refractivity contribution in [2.45, 2.75) is 32.2 Å². The normalized spacial score (nSPS) is 25.3. The van der Waals surface area contributed by atoms with Crippen LogP contribution in [0.25, 0.3) is 0 Å². The number of aryl methyl sites for hydroxylation is 1. The van der Waals surface area contributed by atoms with Gasteiger partial charge in [0.2, 0.25) is 5.91 Å². The second kappa shape index (κ2) is 6.04. The Hall–Kier alpha value is -1.96. The lowest BCUT2D eigenvalue weighted by molar-refractivity contribution is -0.140. The first-order valence-corrected chi connectivity index (χ1v) is 7.69. The molecule has 0 bridgehead atoms. The molecule has 2 amide bonds. The molecule has 0 aliphatic carbocycles. The number of likely N-dealkylation sites (tertiary alicyclic amines) is 2. The van der Waals surface area contributed by atoms with Crippen LogP contribution in [0.15, 0.2) is 4.63 Å².